The standard InChI is InChI=1S/C13H14ClF3N2O2/c14-10-2-1-8(7-9(10)13(15,16)17)19-11(20)12(18)3-5-21-6-4-12/h1-2,7H,3-6,18H2,(H,19,20). The number of carbonyl (C=O) groups excluding carboxylic acids is 1. The number of alkyl halides is 3. The van der Waals surface area contributed by atoms with Crippen LogP contribution in [0.2, 0.25) is 5.02 Å². The predicted octanol–water partition coefficient (Wildman–Crippen LogP) is 2.81. The van der Waals surface area contributed by atoms with Gasteiger partial charge in [0.25, 0.3) is 0 Å². The Bertz CT molecular complexity index is 543. The highest BCUT2D eigenvalue weighted by Gasteiger charge is 2.37. The molecule has 1 saturated heterocycles. The van der Waals surface area contributed by atoms with Crippen molar-refractivity contribution < 1.29 is 22.7 Å². The van der Waals surface area contributed by atoms with E-state index in [2.05, 4.69) is 5.32 Å². The fourth-order valence-corrected chi connectivity index (χ4v) is 2.26. The molecule has 1 aliphatic heterocycles. The number of hydrogen-bond donors (Lipinski definition) is 2. The van der Waals surface area contributed by atoms with Gasteiger partial charge in [0.05, 0.1) is 10.6 Å². The summed E-state index contributed by atoms with van der Waals surface area (Å²) in [7, 11) is 0. The molecule has 1 heterocycles. The minimum Gasteiger partial charge on any atom is -0.381 e. The molecular weight excluding hydrogens is 309 g/mol. The van der Waals surface area contributed by atoms with E-state index in [-0.39, 0.29) is 5.69 Å². The Labute approximate surface area is 124 Å². The number of halogens is 4. The second kappa shape index (κ2) is 5.82. The monoisotopic (exact) mass is 322 g/mol. The third-order valence-electron chi connectivity index (χ3n) is 3.37. The average molecular weight is 323 g/mol. The smallest absolute Gasteiger partial charge is 0.381 e. The molecule has 8 heteroatoms. The number of rotatable bonds is 2. The van der Waals surface area contributed by atoms with Crippen LogP contribution in [0.15, 0.2) is 18.2 Å². The van der Waals surface area contributed by atoms with Gasteiger partial charge in [-0.3, -0.25) is 4.79 Å². The molecule has 3 N–H and O–H groups in total. The molecule has 116 valence electrons. The molecule has 0 bridgehead atoms. The molecule has 0 atom stereocenters. The number of anilines is 1. The van der Waals surface area contributed by atoms with Crippen LogP contribution in [0.3, 0.4) is 0 Å². The van der Waals surface area contributed by atoms with Gasteiger partial charge in [-0.15, -0.1) is 0 Å². The molecule has 0 radical (unpaired) electrons. The summed E-state index contributed by atoms with van der Waals surface area (Å²) in [5.41, 5.74) is 3.84. The van der Waals surface area contributed by atoms with Gasteiger partial charge in [0.1, 0.15) is 5.54 Å². The van der Waals surface area contributed by atoms with Crippen molar-refractivity contribution in [2.24, 2.45) is 5.73 Å². The van der Waals surface area contributed by atoms with Gasteiger partial charge in [0, 0.05) is 18.9 Å². The van der Waals surface area contributed by atoms with Crippen LogP contribution in [0.5, 0.6) is 0 Å². The molecule has 0 spiro atoms. The topological polar surface area (TPSA) is 64.4 Å². The Hall–Kier alpha value is -1.31. The Morgan fingerprint density at radius 1 is 1.33 bits per heavy atom. The first kappa shape index (κ1) is 16.1. The first-order valence-corrected chi connectivity index (χ1v) is 6.65. The number of hydrogen-bond acceptors (Lipinski definition) is 3. The molecule has 1 aromatic rings. The van der Waals surface area contributed by atoms with E-state index in [1.807, 2.05) is 0 Å². The lowest BCUT2D eigenvalue weighted by Gasteiger charge is -2.31. The number of ether oxygens (including phenoxy) is 1. The van der Waals surface area contributed by atoms with Crippen molar-refractivity contribution in [3.8, 4) is 0 Å². The number of benzene rings is 1. The number of amides is 1. The molecule has 1 aromatic carbocycles. The van der Waals surface area contributed by atoms with Gasteiger partial charge in [-0.05, 0) is 31.0 Å². The van der Waals surface area contributed by atoms with Crippen LogP contribution in [0.4, 0.5) is 18.9 Å². The molecule has 0 unspecified atom stereocenters. The maximum Gasteiger partial charge on any atom is 0.417 e. The maximum atomic E-state index is 12.8. The minimum absolute atomic E-state index is 0.00745. The molecular formula is C13H14ClF3N2O2. The average Bonchev–Trinajstić information content (AvgIpc) is 2.40. The highest BCUT2D eigenvalue weighted by molar-refractivity contribution is 6.31. The first-order chi connectivity index (χ1) is 9.72. The molecule has 0 aliphatic carbocycles. The van der Waals surface area contributed by atoms with E-state index in [1.54, 1.807) is 0 Å². The second-order valence-corrected chi connectivity index (χ2v) is 5.32. The molecule has 1 amide bonds. The van der Waals surface area contributed by atoms with E-state index in [0.29, 0.717) is 26.1 Å². The van der Waals surface area contributed by atoms with Crippen molar-refractivity contribution in [1.29, 1.82) is 0 Å². The number of nitrogens with one attached hydrogen (secondary N) is 1. The van der Waals surface area contributed by atoms with Crippen LogP contribution in [0.25, 0.3) is 0 Å². The van der Waals surface area contributed by atoms with Gasteiger partial charge < -0.3 is 15.8 Å². The quantitative estimate of drug-likeness (QED) is 0.880. The second-order valence-electron chi connectivity index (χ2n) is 4.92. The molecule has 4 nitrogen and oxygen atoms in total. The van der Waals surface area contributed by atoms with Crippen molar-refractivity contribution in [2.45, 2.75) is 24.6 Å². The fourth-order valence-electron chi connectivity index (χ4n) is 2.04. The third-order valence-corrected chi connectivity index (χ3v) is 3.70. The van der Waals surface area contributed by atoms with Crippen LogP contribution in [-0.2, 0) is 15.7 Å². The van der Waals surface area contributed by atoms with Crippen molar-refractivity contribution in [2.75, 3.05) is 18.5 Å². The number of carbonyl (C=O) groups is 1. The van der Waals surface area contributed by atoms with E-state index in [4.69, 9.17) is 22.1 Å². The Morgan fingerprint density at radius 3 is 2.52 bits per heavy atom. The van der Waals surface area contributed by atoms with Crippen molar-refractivity contribution in [1.82, 2.24) is 0 Å². The zero-order valence-corrected chi connectivity index (χ0v) is 11.7. The number of nitrogens with two attached hydrogens (primary N) is 1. The summed E-state index contributed by atoms with van der Waals surface area (Å²) in [6, 6.07) is 3.19. The van der Waals surface area contributed by atoms with Crippen LogP contribution in [0, 0.1) is 0 Å². The van der Waals surface area contributed by atoms with Gasteiger partial charge in [0.2, 0.25) is 5.91 Å². The minimum atomic E-state index is -4.59. The Morgan fingerprint density at radius 2 is 1.95 bits per heavy atom. The van der Waals surface area contributed by atoms with E-state index < -0.39 is 28.2 Å². The SMILES string of the molecule is NC1(C(=O)Nc2ccc(Cl)c(C(F)(F)F)c2)CCOCC1. The lowest BCUT2D eigenvalue weighted by Crippen LogP contribution is -2.54. The zero-order chi connectivity index (χ0) is 15.7. The highest BCUT2D eigenvalue weighted by atomic mass is 35.5. The fraction of sp³-hybridized carbons (Fsp3) is 0.462. The summed E-state index contributed by atoms with van der Waals surface area (Å²) in [5.74, 6) is -0.527. The molecule has 0 aromatic heterocycles. The van der Waals surface area contributed by atoms with E-state index in [9.17, 15) is 18.0 Å². The summed E-state index contributed by atoms with van der Waals surface area (Å²) in [6.45, 7) is 0.691. The van der Waals surface area contributed by atoms with Gasteiger partial charge in [-0.2, -0.15) is 13.2 Å². The third kappa shape index (κ3) is 3.66. The maximum absolute atomic E-state index is 12.8. The lowest BCUT2D eigenvalue weighted by molar-refractivity contribution is -0.137. The summed E-state index contributed by atoms with van der Waals surface area (Å²) in [6.07, 6.45) is -3.95. The summed E-state index contributed by atoms with van der Waals surface area (Å²) >= 11 is 5.52. The van der Waals surface area contributed by atoms with Gasteiger partial charge in [-0.1, -0.05) is 11.6 Å². The normalized spacial score (nSPS) is 18.3. The first-order valence-electron chi connectivity index (χ1n) is 6.27. The van der Waals surface area contributed by atoms with Crippen LogP contribution < -0.4 is 11.1 Å². The molecule has 21 heavy (non-hydrogen) atoms. The largest absolute Gasteiger partial charge is 0.417 e. The van der Waals surface area contributed by atoms with Gasteiger partial charge >= 0.3 is 6.18 Å². The van der Waals surface area contributed by atoms with E-state index in [1.165, 1.54) is 6.07 Å². The molecule has 1 fully saturated rings. The Balaban J connectivity index is 2.18. The van der Waals surface area contributed by atoms with Crippen molar-refractivity contribution >= 4 is 23.2 Å². The summed E-state index contributed by atoms with van der Waals surface area (Å²) < 4.78 is 43.4. The summed E-state index contributed by atoms with van der Waals surface area (Å²) in [5, 5.41) is 1.99. The van der Waals surface area contributed by atoms with E-state index >= 15 is 0 Å². The Kier molecular flexibility index (Phi) is 4.46. The van der Waals surface area contributed by atoms with Gasteiger partial charge in [-0.25, -0.2) is 0 Å². The molecule has 0 saturated carbocycles. The zero-order valence-electron chi connectivity index (χ0n) is 11.0. The predicted molar refractivity (Wildman–Crippen MR) is 72.1 cm³/mol. The molecule has 1 aliphatic rings. The molecule has 2 rings (SSSR count). The van der Waals surface area contributed by atoms with Crippen molar-refractivity contribution in [3.05, 3.63) is 28.8 Å². The van der Waals surface area contributed by atoms with Crippen LogP contribution in [0.1, 0.15) is 18.4 Å². The van der Waals surface area contributed by atoms with Gasteiger partial charge in [0.15, 0.2) is 0 Å². The van der Waals surface area contributed by atoms with Crippen LogP contribution in [-0.4, -0.2) is 24.7 Å². The highest BCUT2D eigenvalue weighted by Crippen LogP contribution is 2.36. The lowest BCUT2D eigenvalue weighted by atomic mass is 9.90. The van der Waals surface area contributed by atoms with E-state index in [0.717, 1.165) is 12.1 Å². The van der Waals surface area contributed by atoms with Crippen LogP contribution >= 0.6 is 11.6 Å². The van der Waals surface area contributed by atoms with Crippen molar-refractivity contribution in [3.63, 3.8) is 0 Å². The summed E-state index contributed by atoms with van der Waals surface area (Å²) in [4.78, 5) is 12.1.